The fraction of sp³-hybridized carbons (Fsp3) is 0. The number of benzene rings is 1. The molecule has 1 aromatic carbocycles. The molecule has 1 aromatic rings. The Morgan fingerprint density at radius 1 is 1.36 bits per heavy atom. The minimum atomic E-state index is -0.432. The number of anilines is 1. The van der Waals surface area contributed by atoms with E-state index in [2.05, 4.69) is 15.5 Å². The van der Waals surface area contributed by atoms with Gasteiger partial charge in [0.25, 0.3) is 5.88 Å². The van der Waals surface area contributed by atoms with Crippen molar-refractivity contribution < 1.29 is 14.3 Å². The normalized spacial score (nSPS) is 20.2. The van der Waals surface area contributed by atoms with E-state index in [0.29, 0.717) is 11.3 Å². The van der Waals surface area contributed by atoms with Crippen LogP contribution in [0.25, 0.3) is 0 Å². The third-order valence-corrected chi connectivity index (χ3v) is 3.47. The maximum Gasteiger partial charge on any atom is 0.335 e. The van der Waals surface area contributed by atoms with Gasteiger partial charge < -0.3 is 10.1 Å². The topological polar surface area (TPSA) is 93.3 Å². The number of azo groups is 1. The third-order valence-electron chi connectivity index (χ3n) is 2.80. The molecule has 2 aliphatic rings. The lowest BCUT2D eigenvalue weighted by Crippen LogP contribution is -2.15. The number of hydrogen-bond donors (Lipinski definition) is 3. The highest BCUT2D eigenvalue weighted by molar-refractivity contribution is 14.1. The van der Waals surface area contributed by atoms with Crippen molar-refractivity contribution >= 4 is 34.3 Å². The van der Waals surface area contributed by atoms with Crippen LogP contribution in [0.4, 0.5) is 10.1 Å². The summed E-state index contributed by atoms with van der Waals surface area (Å²) < 4.78 is 19.8. The first-order valence-electron chi connectivity index (χ1n) is 6.05. The monoisotopic (exact) mass is 413 g/mol. The lowest BCUT2D eigenvalue weighted by molar-refractivity contribution is 0.00960. The van der Waals surface area contributed by atoms with E-state index in [4.69, 9.17) is 10.1 Å². The standard InChI is InChI=1S/C13H9FIN5O2/c14-9-5-7(15)1-2-10(9)17-11-6-20(21)4-3-8(11)12-18-19-13(16)22-12/h1-6,16-17,21H. The van der Waals surface area contributed by atoms with Gasteiger partial charge >= 0.3 is 6.02 Å². The Labute approximate surface area is 138 Å². The number of amidine groups is 1. The summed E-state index contributed by atoms with van der Waals surface area (Å²) in [7, 11) is 0. The summed E-state index contributed by atoms with van der Waals surface area (Å²) in [5.74, 6) is -0.336. The van der Waals surface area contributed by atoms with Crippen molar-refractivity contribution in [2.75, 3.05) is 5.32 Å². The molecule has 0 unspecified atom stereocenters. The van der Waals surface area contributed by atoms with Crippen molar-refractivity contribution in [3.8, 4) is 0 Å². The van der Waals surface area contributed by atoms with Crippen molar-refractivity contribution in [3.63, 3.8) is 0 Å². The van der Waals surface area contributed by atoms with Crippen molar-refractivity contribution in [2.45, 2.75) is 0 Å². The van der Waals surface area contributed by atoms with Crippen LogP contribution in [0, 0.1) is 14.8 Å². The highest BCUT2D eigenvalue weighted by atomic mass is 127. The maximum absolute atomic E-state index is 14.0. The molecular formula is C13H9FIN5O2. The van der Waals surface area contributed by atoms with E-state index in [9.17, 15) is 9.60 Å². The summed E-state index contributed by atoms with van der Waals surface area (Å²) in [4.78, 5) is 0. The molecule has 0 atom stereocenters. The molecule has 0 bridgehead atoms. The van der Waals surface area contributed by atoms with E-state index in [1.165, 1.54) is 24.5 Å². The van der Waals surface area contributed by atoms with E-state index >= 15 is 0 Å². The van der Waals surface area contributed by atoms with Gasteiger partial charge in [0.05, 0.1) is 23.2 Å². The minimum absolute atomic E-state index is 0.0963. The Bertz CT molecular complexity index is 772. The van der Waals surface area contributed by atoms with Gasteiger partial charge in [-0.2, -0.15) is 0 Å². The van der Waals surface area contributed by atoms with Crippen LogP contribution in [0.3, 0.4) is 0 Å². The SMILES string of the molecule is N=C1N=NC(=C2C=CN(O)C=C2Nc2ccc(I)cc2F)O1. The summed E-state index contributed by atoms with van der Waals surface area (Å²) in [5.41, 5.74) is 1.03. The zero-order chi connectivity index (χ0) is 15.7. The van der Waals surface area contributed by atoms with E-state index < -0.39 is 5.82 Å². The summed E-state index contributed by atoms with van der Waals surface area (Å²) in [6.45, 7) is 0. The van der Waals surface area contributed by atoms with Crippen LogP contribution in [0.15, 0.2) is 64.1 Å². The molecule has 0 aliphatic carbocycles. The van der Waals surface area contributed by atoms with E-state index in [1.54, 1.807) is 12.1 Å². The smallest absolute Gasteiger partial charge is 0.335 e. The molecule has 2 heterocycles. The van der Waals surface area contributed by atoms with Gasteiger partial charge in [-0.25, -0.2) is 14.9 Å². The quantitative estimate of drug-likeness (QED) is 0.647. The summed E-state index contributed by atoms with van der Waals surface area (Å²) in [6.07, 6.45) is 4.21. The molecule has 2 aliphatic heterocycles. The van der Waals surface area contributed by atoms with Crippen molar-refractivity contribution in [1.29, 1.82) is 5.41 Å². The molecular weight excluding hydrogens is 404 g/mol. The molecule has 0 aromatic heterocycles. The predicted octanol–water partition coefficient (Wildman–Crippen LogP) is 3.53. The van der Waals surface area contributed by atoms with Gasteiger partial charge in [-0.1, -0.05) is 5.11 Å². The van der Waals surface area contributed by atoms with E-state index in [0.717, 1.165) is 8.63 Å². The molecule has 0 amide bonds. The van der Waals surface area contributed by atoms with Gasteiger partial charge in [-0.05, 0) is 46.9 Å². The molecule has 0 spiro atoms. The zero-order valence-electron chi connectivity index (χ0n) is 10.9. The molecule has 3 N–H and O–H groups in total. The van der Waals surface area contributed by atoms with Crippen LogP contribution >= 0.6 is 22.6 Å². The molecule has 3 rings (SSSR count). The van der Waals surface area contributed by atoms with E-state index in [1.807, 2.05) is 22.6 Å². The zero-order valence-corrected chi connectivity index (χ0v) is 13.1. The fourth-order valence-electron chi connectivity index (χ4n) is 1.84. The summed E-state index contributed by atoms with van der Waals surface area (Å²) >= 11 is 2.01. The molecule has 7 nitrogen and oxygen atoms in total. The Morgan fingerprint density at radius 3 is 2.86 bits per heavy atom. The van der Waals surface area contributed by atoms with Crippen LogP contribution in [0.2, 0.25) is 0 Å². The first-order chi connectivity index (χ1) is 10.5. The van der Waals surface area contributed by atoms with Crippen molar-refractivity contribution in [1.82, 2.24) is 5.06 Å². The Hall–Kier alpha value is -2.27. The molecule has 0 saturated heterocycles. The number of hydroxylamine groups is 2. The molecule has 0 radical (unpaired) electrons. The van der Waals surface area contributed by atoms with Crippen molar-refractivity contribution in [2.24, 2.45) is 10.2 Å². The number of allylic oxidation sites excluding steroid dienone is 1. The van der Waals surface area contributed by atoms with Gasteiger partial charge in [0.15, 0.2) is 0 Å². The minimum Gasteiger partial charge on any atom is -0.402 e. The molecule has 22 heavy (non-hydrogen) atoms. The van der Waals surface area contributed by atoms with Crippen molar-refractivity contribution in [3.05, 3.63) is 63.2 Å². The second-order valence-corrected chi connectivity index (χ2v) is 5.56. The summed E-state index contributed by atoms with van der Waals surface area (Å²) in [6, 6.07) is 4.38. The van der Waals surface area contributed by atoms with E-state index in [-0.39, 0.29) is 17.6 Å². The maximum atomic E-state index is 14.0. The van der Waals surface area contributed by atoms with Gasteiger partial charge in [-0.3, -0.25) is 5.21 Å². The molecule has 0 fully saturated rings. The number of rotatable bonds is 2. The van der Waals surface area contributed by atoms with Gasteiger partial charge in [0, 0.05) is 9.77 Å². The fourth-order valence-corrected chi connectivity index (χ4v) is 2.29. The Balaban J connectivity index is 1.96. The van der Waals surface area contributed by atoms with Crippen LogP contribution in [-0.4, -0.2) is 16.3 Å². The van der Waals surface area contributed by atoms with Gasteiger partial charge in [0.1, 0.15) is 5.82 Å². The average Bonchev–Trinajstić information content (AvgIpc) is 2.88. The second kappa shape index (κ2) is 5.85. The third kappa shape index (κ3) is 2.99. The van der Waals surface area contributed by atoms with Crippen LogP contribution in [0.5, 0.6) is 0 Å². The van der Waals surface area contributed by atoms with Gasteiger partial charge in [-0.15, -0.1) is 5.11 Å². The van der Waals surface area contributed by atoms with Crippen LogP contribution in [-0.2, 0) is 4.74 Å². The van der Waals surface area contributed by atoms with Gasteiger partial charge in [0.2, 0.25) is 0 Å². The first-order valence-corrected chi connectivity index (χ1v) is 7.13. The van der Waals surface area contributed by atoms with Crippen LogP contribution < -0.4 is 5.32 Å². The largest absolute Gasteiger partial charge is 0.402 e. The lowest BCUT2D eigenvalue weighted by Gasteiger charge is -2.19. The highest BCUT2D eigenvalue weighted by Crippen LogP contribution is 2.28. The number of nitrogens with zero attached hydrogens (tertiary/aromatic N) is 3. The second-order valence-electron chi connectivity index (χ2n) is 4.31. The summed E-state index contributed by atoms with van der Waals surface area (Å²) in [5, 5.41) is 27.7. The molecule has 9 heteroatoms. The first kappa shape index (κ1) is 14.7. The number of ether oxygens (including phenoxy) is 1. The molecule has 0 saturated carbocycles. The number of hydrogen-bond acceptors (Lipinski definition) is 6. The number of halogens is 2. The number of nitrogens with one attached hydrogen (secondary N) is 2. The van der Waals surface area contributed by atoms with Crippen LogP contribution in [0.1, 0.15) is 0 Å². The molecule has 112 valence electrons. The Kier molecular flexibility index (Phi) is 3.90. The predicted molar refractivity (Wildman–Crippen MR) is 84.3 cm³/mol. The highest BCUT2D eigenvalue weighted by Gasteiger charge is 2.21. The average molecular weight is 413 g/mol. The Morgan fingerprint density at radius 2 is 2.18 bits per heavy atom. The lowest BCUT2D eigenvalue weighted by atomic mass is 10.1.